The fourth-order valence-electron chi connectivity index (χ4n) is 1.25. The third kappa shape index (κ3) is 2.26. The largest absolute Gasteiger partial charge is 0.379 e. The number of rotatable bonds is 2. The van der Waals surface area contributed by atoms with Gasteiger partial charge in [-0.05, 0) is 6.42 Å². The summed E-state index contributed by atoms with van der Waals surface area (Å²) in [6.07, 6.45) is 2.44. The second-order valence-corrected chi connectivity index (χ2v) is 3.80. The molecule has 0 saturated carbocycles. The van der Waals surface area contributed by atoms with Crippen LogP contribution in [-0.4, -0.2) is 29.2 Å². The molecule has 1 saturated heterocycles. The van der Waals surface area contributed by atoms with Crippen molar-refractivity contribution in [3.05, 3.63) is 16.4 Å². The van der Waals surface area contributed by atoms with Crippen LogP contribution in [0.2, 0.25) is 10.2 Å². The monoisotopic (exact) mass is 233 g/mol. The molecule has 0 spiro atoms. The first-order chi connectivity index (χ1) is 6.75. The first-order valence-corrected chi connectivity index (χ1v) is 5.03. The summed E-state index contributed by atoms with van der Waals surface area (Å²) in [4.78, 5) is 8.00. The average molecular weight is 234 g/mol. The maximum Gasteiger partial charge on any atom is 0.224 e. The van der Waals surface area contributed by atoms with Crippen molar-refractivity contribution in [3.8, 4) is 0 Å². The molecule has 76 valence electrons. The minimum atomic E-state index is 0.267. The first-order valence-electron chi connectivity index (χ1n) is 4.28. The Morgan fingerprint density at radius 1 is 1.50 bits per heavy atom. The highest BCUT2D eigenvalue weighted by molar-refractivity contribution is 6.41. The molecule has 1 aliphatic heterocycles. The number of anilines is 1. The zero-order valence-corrected chi connectivity index (χ0v) is 8.85. The molecule has 6 heteroatoms. The lowest BCUT2D eigenvalue weighted by Crippen LogP contribution is -2.20. The molecule has 0 radical (unpaired) electrons. The fourth-order valence-corrected chi connectivity index (χ4v) is 1.47. The van der Waals surface area contributed by atoms with Crippen LogP contribution in [0.25, 0.3) is 0 Å². The van der Waals surface area contributed by atoms with Crippen LogP contribution in [-0.2, 0) is 4.74 Å². The number of hydrogen-bond acceptors (Lipinski definition) is 4. The van der Waals surface area contributed by atoms with E-state index in [1.807, 2.05) is 0 Å². The van der Waals surface area contributed by atoms with Crippen LogP contribution in [0.3, 0.4) is 0 Å². The summed E-state index contributed by atoms with van der Waals surface area (Å²) in [5.74, 6) is 0.495. The van der Waals surface area contributed by atoms with Crippen LogP contribution < -0.4 is 5.32 Å². The minimum absolute atomic E-state index is 0.267. The number of halogens is 2. The van der Waals surface area contributed by atoms with Gasteiger partial charge in [0, 0.05) is 6.61 Å². The molecule has 1 aromatic rings. The van der Waals surface area contributed by atoms with E-state index >= 15 is 0 Å². The molecule has 0 aliphatic carbocycles. The van der Waals surface area contributed by atoms with Gasteiger partial charge in [0.05, 0.1) is 23.9 Å². The van der Waals surface area contributed by atoms with E-state index < -0.39 is 0 Å². The van der Waals surface area contributed by atoms with Gasteiger partial charge in [0.1, 0.15) is 0 Å². The van der Waals surface area contributed by atoms with Crippen LogP contribution in [0.5, 0.6) is 0 Å². The van der Waals surface area contributed by atoms with Crippen LogP contribution in [0.4, 0.5) is 5.95 Å². The molecular formula is C8H9Cl2N3O. The minimum Gasteiger partial charge on any atom is -0.379 e. The maximum absolute atomic E-state index is 5.74. The van der Waals surface area contributed by atoms with E-state index in [2.05, 4.69) is 15.3 Å². The Morgan fingerprint density at radius 3 is 3.00 bits per heavy atom. The van der Waals surface area contributed by atoms with Gasteiger partial charge < -0.3 is 10.1 Å². The highest BCUT2D eigenvalue weighted by atomic mass is 35.5. The summed E-state index contributed by atoms with van der Waals surface area (Å²) in [6.45, 7) is 1.46. The summed E-state index contributed by atoms with van der Waals surface area (Å²) in [6, 6.07) is 0.271. The molecule has 1 fully saturated rings. The van der Waals surface area contributed by atoms with E-state index in [1.54, 1.807) is 0 Å². The van der Waals surface area contributed by atoms with Gasteiger partial charge in [-0.15, -0.1) is 0 Å². The lowest BCUT2D eigenvalue weighted by Gasteiger charge is -2.09. The maximum atomic E-state index is 5.74. The quantitative estimate of drug-likeness (QED) is 0.795. The number of hydrogen-bond donors (Lipinski definition) is 1. The molecular weight excluding hydrogens is 225 g/mol. The van der Waals surface area contributed by atoms with Crippen molar-refractivity contribution < 1.29 is 4.74 Å². The van der Waals surface area contributed by atoms with E-state index in [4.69, 9.17) is 27.9 Å². The summed E-state index contributed by atoms with van der Waals surface area (Å²) in [5.41, 5.74) is 0. The molecule has 1 unspecified atom stereocenters. The molecule has 0 amide bonds. The molecule has 1 atom stereocenters. The lowest BCUT2D eigenvalue weighted by atomic mass is 10.3. The van der Waals surface area contributed by atoms with E-state index in [0.29, 0.717) is 17.6 Å². The van der Waals surface area contributed by atoms with Crippen molar-refractivity contribution in [2.45, 2.75) is 12.5 Å². The van der Waals surface area contributed by atoms with Gasteiger partial charge >= 0.3 is 0 Å². The number of ether oxygens (including phenoxy) is 1. The molecule has 14 heavy (non-hydrogen) atoms. The fraction of sp³-hybridized carbons (Fsp3) is 0.500. The Labute approximate surface area is 91.6 Å². The average Bonchev–Trinajstić information content (AvgIpc) is 2.64. The molecule has 1 aliphatic rings. The van der Waals surface area contributed by atoms with Gasteiger partial charge in [-0.2, -0.15) is 4.98 Å². The van der Waals surface area contributed by atoms with Gasteiger partial charge in [0.2, 0.25) is 5.95 Å². The zero-order chi connectivity index (χ0) is 9.97. The highest BCUT2D eigenvalue weighted by Gasteiger charge is 2.16. The van der Waals surface area contributed by atoms with Crippen LogP contribution in [0.1, 0.15) is 6.42 Å². The first kappa shape index (κ1) is 9.96. The Hall–Kier alpha value is -0.580. The standard InChI is InChI=1S/C8H9Cl2N3O/c9-6-3-11-8(13-7(6)10)12-5-1-2-14-4-5/h3,5H,1-2,4H2,(H,11,12,13). The van der Waals surface area contributed by atoms with Crippen LogP contribution in [0, 0.1) is 0 Å². The summed E-state index contributed by atoms with van der Waals surface area (Å²) < 4.78 is 5.21. The van der Waals surface area contributed by atoms with E-state index in [9.17, 15) is 0 Å². The van der Waals surface area contributed by atoms with E-state index in [1.165, 1.54) is 6.20 Å². The van der Waals surface area contributed by atoms with Crippen molar-refractivity contribution in [2.24, 2.45) is 0 Å². The Bertz CT molecular complexity index is 328. The molecule has 1 N–H and O–H groups in total. The molecule has 2 rings (SSSR count). The predicted molar refractivity (Wildman–Crippen MR) is 54.9 cm³/mol. The molecule has 0 bridgehead atoms. The van der Waals surface area contributed by atoms with Crippen molar-refractivity contribution in [1.29, 1.82) is 0 Å². The van der Waals surface area contributed by atoms with Gasteiger partial charge in [-0.25, -0.2) is 4.98 Å². The predicted octanol–water partition coefficient (Wildman–Crippen LogP) is 1.98. The van der Waals surface area contributed by atoms with Gasteiger partial charge in [-0.3, -0.25) is 0 Å². The van der Waals surface area contributed by atoms with Crippen molar-refractivity contribution in [1.82, 2.24) is 9.97 Å². The lowest BCUT2D eigenvalue weighted by molar-refractivity contribution is 0.195. The van der Waals surface area contributed by atoms with Gasteiger partial charge in [0.25, 0.3) is 0 Å². The smallest absolute Gasteiger partial charge is 0.224 e. The number of nitrogens with one attached hydrogen (secondary N) is 1. The number of nitrogens with zero attached hydrogens (tertiary/aromatic N) is 2. The highest BCUT2D eigenvalue weighted by Crippen LogP contribution is 2.19. The topological polar surface area (TPSA) is 47.0 Å². The van der Waals surface area contributed by atoms with E-state index in [0.717, 1.165) is 13.0 Å². The van der Waals surface area contributed by atoms with Crippen molar-refractivity contribution in [2.75, 3.05) is 18.5 Å². The molecule has 1 aromatic heterocycles. The zero-order valence-electron chi connectivity index (χ0n) is 7.33. The normalized spacial score (nSPS) is 21.1. The molecule has 2 heterocycles. The van der Waals surface area contributed by atoms with Gasteiger partial charge in [0.15, 0.2) is 5.15 Å². The van der Waals surface area contributed by atoms with E-state index in [-0.39, 0.29) is 11.2 Å². The third-order valence-electron chi connectivity index (χ3n) is 1.96. The van der Waals surface area contributed by atoms with Crippen molar-refractivity contribution >= 4 is 29.2 Å². The Kier molecular flexibility index (Phi) is 3.05. The van der Waals surface area contributed by atoms with Crippen LogP contribution >= 0.6 is 23.2 Å². The molecule has 4 nitrogen and oxygen atoms in total. The second-order valence-electron chi connectivity index (χ2n) is 3.04. The van der Waals surface area contributed by atoms with Crippen molar-refractivity contribution in [3.63, 3.8) is 0 Å². The SMILES string of the molecule is Clc1cnc(NC2CCOC2)nc1Cl. The Balaban J connectivity index is 2.05. The van der Waals surface area contributed by atoms with Crippen LogP contribution in [0.15, 0.2) is 6.20 Å². The molecule has 0 aromatic carbocycles. The Morgan fingerprint density at radius 2 is 2.36 bits per heavy atom. The summed E-state index contributed by atoms with van der Waals surface area (Å²) >= 11 is 11.4. The third-order valence-corrected chi connectivity index (χ3v) is 2.63. The number of aromatic nitrogens is 2. The van der Waals surface area contributed by atoms with Gasteiger partial charge in [-0.1, -0.05) is 23.2 Å². The summed E-state index contributed by atoms with van der Waals surface area (Å²) in [7, 11) is 0. The second kappa shape index (κ2) is 4.29. The summed E-state index contributed by atoms with van der Waals surface area (Å²) in [5, 5.41) is 3.75.